The molecule has 10 nitrogen and oxygen atoms in total. The molecule has 1 aliphatic rings. The van der Waals surface area contributed by atoms with E-state index in [0.29, 0.717) is 30.3 Å². The summed E-state index contributed by atoms with van der Waals surface area (Å²) < 4.78 is 44.6. The number of hydrogen-bond donors (Lipinski definition) is 1. The lowest BCUT2D eigenvalue weighted by atomic mass is 10.2. The highest BCUT2D eigenvalue weighted by atomic mass is 32.2. The summed E-state index contributed by atoms with van der Waals surface area (Å²) in [7, 11) is -3.74. The van der Waals surface area contributed by atoms with Gasteiger partial charge in [0.05, 0.1) is 23.1 Å². The van der Waals surface area contributed by atoms with Crippen molar-refractivity contribution >= 4 is 21.1 Å². The Hall–Kier alpha value is -2.50. The SMILES string of the molecule is CCc1nc(Cn2c(=O)oc3cc(S(=O)(=O)NC[C@@H]4CCCO4)ccc32)no1. The lowest BCUT2D eigenvalue weighted by Gasteiger charge is -2.11. The molecule has 1 aliphatic heterocycles. The van der Waals surface area contributed by atoms with Crippen LogP contribution in [0.25, 0.3) is 11.1 Å². The van der Waals surface area contributed by atoms with Gasteiger partial charge >= 0.3 is 5.76 Å². The predicted molar refractivity (Wildman–Crippen MR) is 97.4 cm³/mol. The van der Waals surface area contributed by atoms with E-state index in [4.69, 9.17) is 13.7 Å². The molecule has 11 heteroatoms. The average molecular weight is 408 g/mol. The number of aromatic nitrogens is 3. The fraction of sp³-hybridized carbons (Fsp3) is 0.471. The third kappa shape index (κ3) is 3.73. The topological polar surface area (TPSA) is 129 Å². The Bertz CT molecular complexity index is 1140. The number of fused-ring (bicyclic) bond motifs is 1. The second-order valence-corrected chi connectivity index (χ2v) is 8.30. The normalized spacial score (nSPS) is 17.5. The monoisotopic (exact) mass is 408 g/mol. The van der Waals surface area contributed by atoms with Crippen LogP contribution in [0.5, 0.6) is 0 Å². The van der Waals surface area contributed by atoms with Crippen molar-refractivity contribution in [2.24, 2.45) is 0 Å². The van der Waals surface area contributed by atoms with Gasteiger partial charge in [0, 0.05) is 25.6 Å². The van der Waals surface area contributed by atoms with Gasteiger partial charge in [-0.25, -0.2) is 17.9 Å². The molecular formula is C17H20N4O6S. The number of oxazole rings is 1. The standard InChI is InChI=1S/C17H20N4O6S/c1-2-16-19-15(20-27-16)10-21-13-6-5-12(8-14(13)26-17(21)22)28(23,24)18-9-11-4-3-7-25-11/h5-6,8,11,18H,2-4,7,9-10H2,1H3/t11-/m0/s1. The summed E-state index contributed by atoms with van der Waals surface area (Å²) in [6, 6.07) is 4.29. The van der Waals surface area contributed by atoms with Gasteiger partial charge in [0.25, 0.3) is 0 Å². The van der Waals surface area contributed by atoms with E-state index in [1.165, 1.54) is 22.8 Å². The van der Waals surface area contributed by atoms with Crippen LogP contribution in [0, 0.1) is 0 Å². The summed E-state index contributed by atoms with van der Waals surface area (Å²) >= 11 is 0. The van der Waals surface area contributed by atoms with E-state index in [9.17, 15) is 13.2 Å². The van der Waals surface area contributed by atoms with E-state index >= 15 is 0 Å². The molecule has 1 saturated heterocycles. The maximum absolute atomic E-state index is 12.5. The van der Waals surface area contributed by atoms with Gasteiger partial charge in [-0.2, -0.15) is 4.98 Å². The molecule has 3 aromatic rings. The van der Waals surface area contributed by atoms with Crippen molar-refractivity contribution in [3.05, 3.63) is 40.5 Å². The van der Waals surface area contributed by atoms with Crippen LogP contribution in [0.1, 0.15) is 31.5 Å². The van der Waals surface area contributed by atoms with Gasteiger partial charge in [0.1, 0.15) is 0 Å². The van der Waals surface area contributed by atoms with Crippen molar-refractivity contribution < 1.29 is 22.1 Å². The van der Waals surface area contributed by atoms with Crippen molar-refractivity contribution in [1.29, 1.82) is 0 Å². The summed E-state index contributed by atoms with van der Waals surface area (Å²) in [5.74, 6) is 0.192. The Labute approximate surface area is 160 Å². The average Bonchev–Trinajstić information content (AvgIpc) is 3.41. The molecule has 2 aromatic heterocycles. The fourth-order valence-corrected chi connectivity index (χ4v) is 4.18. The van der Waals surface area contributed by atoms with Gasteiger partial charge < -0.3 is 13.7 Å². The summed E-state index contributed by atoms with van der Waals surface area (Å²) in [5, 5.41) is 3.82. The van der Waals surface area contributed by atoms with E-state index in [0.717, 1.165) is 12.8 Å². The van der Waals surface area contributed by atoms with Gasteiger partial charge in [-0.15, -0.1) is 0 Å². The molecule has 150 valence electrons. The minimum absolute atomic E-state index is 0.0201. The lowest BCUT2D eigenvalue weighted by molar-refractivity contribution is 0.114. The van der Waals surface area contributed by atoms with Crippen LogP contribution < -0.4 is 10.5 Å². The number of ether oxygens (including phenoxy) is 1. The van der Waals surface area contributed by atoms with Gasteiger partial charge in [-0.1, -0.05) is 12.1 Å². The molecule has 1 aromatic carbocycles. The number of nitrogens with zero attached hydrogens (tertiary/aromatic N) is 3. The highest BCUT2D eigenvalue weighted by molar-refractivity contribution is 7.89. The van der Waals surface area contributed by atoms with Crippen LogP contribution in [0.3, 0.4) is 0 Å². The Kier molecular flexibility index (Phi) is 5.04. The molecule has 0 aliphatic carbocycles. The number of nitrogens with one attached hydrogen (secondary N) is 1. The molecule has 0 saturated carbocycles. The zero-order valence-corrected chi connectivity index (χ0v) is 16.1. The minimum atomic E-state index is -3.74. The first-order valence-electron chi connectivity index (χ1n) is 9.02. The van der Waals surface area contributed by atoms with E-state index < -0.39 is 15.8 Å². The first kappa shape index (κ1) is 18.8. The van der Waals surface area contributed by atoms with Crippen molar-refractivity contribution in [2.75, 3.05) is 13.2 Å². The van der Waals surface area contributed by atoms with Crippen LogP contribution >= 0.6 is 0 Å². The molecule has 0 amide bonds. The highest BCUT2D eigenvalue weighted by Crippen LogP contribution is 2.20. The summed E-state index contributed by atoms with van der Waals surface area (Å²) in [5.41, 5.74) is 0.620. The van der Waals surface area contributed by atoms with Crippen molar-refractivity contribution in [2.45, 2.75) is 43.7 Å². The first-order chi connectivity index (χ1) is 13.5. The Morgan fingerprint density at radius 3 is 2.93 bits per heavy atom. The van der Waals surface area contributed by atoms with Crippen molar-refractivity contribution in [3.8, 4) is 0 Å². The van der Waals surface area contributed by atoms with Crippen LogP contribution in [-0.2, 0) is 27.7 Å². The molecular weight excluding hydrogens is 388 g/mol. The molecule has 0 unspecified atom stereocenters. The Morgan fingerprint density at radius 2 is 2.21 bits per heavy atom. The quantitative estimate of drug-likeness (QED) is 0.614. The van der Waals surface area contributed by atoms with E-state index in [1.807, 2.05) is 6.92 Å². The molecule has 28 heavy (non-hydrogen) atoms. The molecule has 1 N–H and O–H groups in total. The van der Waals surface area contributed by atoms with E-state index in [2.05, 4.69) is 14.9 Å². The largest absolute Gasteiger partial charge is 0.420 e. The number of sulfonamides is 1. The molecule has 3 heterocycles. The number of hydrogen-bond acceptors (Lipinski definition) is 8. The predicted octanol–water partition coefficient (Wildman–Crippen LogP) is 1.05. The van der Waals surface area contributed by atoms with E-state index in [-0.39, 0.29) is 29.7 Å². The third-order valence-electron chi connectivity index (χ3n) is 4.59. The van der Waals surface area contributed by atoms with Gasteiger partial charge in [0.2, 0.25) is 15.9 Å². The number of benzene rings is 1. The molecule has 0 bridgehead atoms. The second kappa shape index (κ2) is 7.49. The third-order valence-corrected chi connectivity index (χ3v) is 6.01. The zero-order valence-electron chi connectivity index (χ0n) is 15.3. The molecule has 1 fully saturated rings. The lowest BCUT2D eigenvalue weighted by Crippen LogP contribution is -2.31. The molecule has 0 spiro atoms. The molecule has 0 radical (unpaired) electrons. The molecule has 4 rings (SSSR count). The number of aryl methyl sites for hydroxylation is 1. The Morgan fingerprint density at radius 1 is 1.36 bits per heavy atom. The summed E-state index contributed by atoms with van der Waals surface area (Å²) in [6.07, 6.45) is 2.24. The van der Waals surface area contributed by atoms with Crippen molar-refractivity contribution in [3.63, 3.8) is 0 Å². The maximum atomic E-state index is 12.5. The van der Waals surface area contributed by atoms with E-state index in [1.54, 1.807) is 0 Å². The Balaban J connectivity index is 1.58. The second-order valence-electron chi connectivity index (χ2n) is 6.53. The van der Waals surface area contributed by atoms with Crippen LogP contribution in [0.4, 0.5) is 0 Å². The number of rotatable bonds is 7. The van der Waals surface area contributed by atoms with Crippen molar-refractivity contribution in [1.82, 2.24) is 19.4 Å². The van der Waals surface area contributed by atoms with Crippen LogP contribution in [-0.4, -0.2) is 42.4 Å². The molecule has 1 atom stereocenters. The summed E-state index contributed by atoms with van der Waals surface area (Å²) in [4.78, 5) is 16.4. The highest BCUT2D eigenvalue weighted by Gasteiger charge is 2.22. The van der Waals surface area contributed by atoms with Gasteiger partial charge in [-0.05, 0) is 25.0 Å². The van der Waals surface area contributed by atoms with Gasteiger partial charge in [0.15, 0.2) is 11.4 Å². The van der Waals surface area contributed by atoms with Crippen LogP contribution in [0.15, 0.2) is 36.8 Å². The fourth-order valence-electron chi connectivity index (χ4n) is 3.09. The smallest absolute Gasteiger partial charge is 0.408 e. The minimum Gasteiger partial charge on any atom is -0.408 e. The van der Waals surface area contributed by atoms with Gasteiger partial charge in [-0.3, -0.25) is 4.57 Å². The zero-order chi connectivity index (χ0) is 19.7. The maximum Gasteiger partial charge on any atom is 0.420 e. The first-order valence-corrected chi connectivity index (χ1v) is 10.5. The summed E-state index contributed by atoms with van der Waals surface area (Å²) in [6.45, 7) is 2.81. The van der Waals surface area contributed by atoms with Crippen LogP contribution in [0.2, 0.25) is 0 Å².